The number of benzene rings is 2. The molecule has 1 heterocycles. The van der Waals surface area contributed by atoms with Crippen molar-refractivity contribution in [2.45, 2.75) is 11.0 Å². The summed E-state index contributed by atoms with van der Waals surface area (Å²) in [6, 6.07) is 16.4. The Hall–Kier alpha value is -2.60. The van der Waals surface area contributed by atoms with Crippen LogP contribution in [0.2, 0.25) is 0 Å². The van der Waals surface area contributed by atoms with Crippen molar-refractivity contribution in [1.82, 2.24) is 10.2 Å². The molecule has 0 aliphatic heterocycles. The Morgan fingerprint density at radius 2 is 1.77 bits per heavy atom. The van der Waals surface area contributed by atoms with E-state index >= 15 is 0 Å². The maximum Gasteiger partial charge on any atom is 0.335 e. The minimum atomic E-state index is -0.938. The second kappa shape index (κ2) is 6.44. The molecule has 3 aromatic rings. The number of carboxylic acids is 1. The monoisotopic (exact) mass is 312 g/mol. The molecule has 0 saturated heterocycles. The van der Waals surface area contributed by atoms with Crippen LogP contribution in [-0.4, -0.2) is 21.3 Å². The van der Waals surface area contributed by atoms with Crippen LogP contribution >= 0.6 is 11.8 Å². The van der Waals surface area contributed by atoms with Crippen LogP contribution in [0.1, 0.15) is 15.9 Å². The van der Waals surface area contributed by atoms with E-state index in [2.05, 4.69) is 10.2 Å². The Bertz CT molecular complexity index is 787. The van der Waals surface area contributed by atoms with Crippen molar-refractivity contribution in [3.63, 3.8) is 0 Å². The number of rotatable bonds is 5. The van der Waals surface area contributed by atoms with Gasteiger partial charge in [-0.1, -0.05) is 48.2 Å². The second-order valence-corrected chi connectivity index (χ2v) is 5.42. The molecule has 0 aliphatic rings. The fourth-order valence-electron chi connectivity index (χ4n) is 1.96. The lowest BCUT2D eigenvalue weighted by atomic mass is 10.1. The molecule has 0 bridgehead atoms. The van der Waals surface area contributed by atoms with E-state index in [1.54, 1.807) is 18.2 Å². The molecule has 1 N–H and O–H groups in total. The molecule has 0 unspecified atom stereocenters. The lowest BCUT2D eigenvalue weighted by Gasteiger charge is -2.03. The Balaban J connectivity index is 1.73. The van der Waals surface area contributed by atoms with Gasteiger partial charge in [-0.3, -0.25) is 0 Å². The van der Waals surface area contributed by atoms with Gasteiger partial charge in [0, 0.05) is 11.3 Å². The van der Waals surface area contributed by atoms with Gasteiger partial charge in [0.05, 0.1) is 5.56 Å². The molecule has 0 fully saturated rings. The van der Waals surface area contributed by atoms with Crippen LogP contribution in [0, 0.1) is 0 Å². The van der Waals surface area contributed by atoms with E-state index in [1.165, 1.54) is 11.8 Å². The number of carboxylic acid groups (broad SMARTS) is 1. The van der Waals surface area contributed by atoms with E-state index in [-0.39, 0.29) is 5.56 Å². The van der Waals surface area contributed by atoms with Gasteiger partial charge in [-0.2, -0.15) is 0 Å². The van der Waals surface area contributed by atoms with Crippen molar-refractivity contribution >= 4 is 17.7 Å². The fourth-order valence-corrected chi connectivity index (χ4v) is 2.73. The third kappa shape index (κ3) is 3.17. The molecule has 2 aromatic carbocycles. The summed E-state index contributed by atoms with van der Waals surface area (Å²) in [5.41, 5.74) is 1.87. The van der Waals surface area contributed by atoms with Crippen LogP contribution in [0.5, 0.6) is 0 Å². The average Bonchev–Trinajstić information content (AvgIpc) is 3.03. The summed E-state index contributed by atoms with van der Waals surface area (Å²) in [6.45, 7) is 0. The molecule has 0 amide bonds. The van der Waals surface area contributed by atoms with Crippen molar-refractivity contribution in [2.24, 2.45) is 0 Å². The van der Waals surface area contributed by atoms with E-state index in [9.17, 15) is 4.79 Å². The van der Waals surface area contributed by atoms with Gasteiger partial charge in [0.2, 0.25) is 5.89 Å². The second-order valence-electron chi connectivity index (χ2n) is 4.49. The highest BCUT2D eigenvalue weighted by atomic mass is 32.2. The smallest absolute Gasteiger partial charge is 0.335 e. The molecular weight excluding hydrogens is 300 g/mol. The highest BCUT2D eigenvalue weighted by Crippen LogP contribution is 2.26. The standard InChI is InChI=1S/C16H12N2O3S/c19-15(20)13-9-5-4-8-12(13)10-22-16-18-17-14(21-16)11-6-2-1-3-7-11/h1-9H,10H2,(H,19,20). The zero-order valence-electron chi connectivity index (χ0n) is 11.5. The van der Waals surface area contributed by atoms with E-state index < -0.39 is 5.97 Å². The van der Waals surface area contributed by atoms with Gasteiger partial charge in [0.25, 0.3) is 5.22 Å². The molecule has 0 atom stereocenters. The predicted octanol–water partition coefficient (Wildman–Crippen LogP) is 3.73. The van der Waals surface area contributed by atoms with Crippen molar-refractivity contribution in [3.05, 3.63) is 65.7 Å². The first-order chi connectivity index (χ1) is 10.7. The van der Waals surface area contributed by atoms with Gasteiger partial charge in [-0.25, -0.2) is 4.79 Å². The Kier molecular flexibility index (Phi) is 4.20. The number of carbonyl (C=O) groups is 1. The van der Waals surface area contributed by atoms with Gasteiger partial charge in [-0.05, 0) is 23.8 Å². The number of aromatic nitrogens is 2. The number of thioether (sulfide) groups is 1. The first kappa shape index (κ1) is 14.3. The quantitative estimate of drug-likeness (QED) is 0.723. The van der Waals surface area contributed by atoms with E-state index in [0.29, 0.717) is 16.9 Å². The number of nitrogens with zero attached hydrogens (tertiary/aromatic N) is 2. The van der Waals surface area contributed by atoms with E-state index in [0.717, 1.165) is 11.1 Å². The van der Waals surface area contributed by atoms with Gasteiger partial charge >= 0.3 is 5.97 Å². The minimum Gasteiger partial charge on any atom is -0.478 e. The molecule has 1 aromatic heterocycles. The molecule has 0 aliphatic carbocycles. The summed E-state index contributed by atoms with van der Waals surface area (Å²) in [5.74, 6) is -0.0276. The highest BCUT2D eigenvalue weighted by Gasteiger charge is 2.12. The maximum atomic E-state index is 11.2. The van der Waals surface area contributed by atoms with Gasteiger partial charge in [0.15, 0.2) is 0 Å². The maximum absolute atomic E-state index is 11.2. The summed E-state index contributed by atoms with van der Waals surface area (Å²) in [4.78, 5) is 11.2. The zero-order chi connectivity index (χ0) is 15.4. The summed E-state index contributed by atoms with van der Waals surface area (Å²) >= 11 is 1.32. The molecule has 5 nitrogen and oxygen atoms in total. The van der Waals surface area contributed by atoms with Crippen LogP contribution in [0.3, 0.4) is 0 Å². The lowest BCUT2D eigenvalue weighted by Crippen LogP contribution is -2.00. The first-order valence-corrected chi connectivity index (χ1v) is 7.55. The normalized spacial score (nSPS) is 10.5. The van der Waals surface area contributed by atoms with Crippen LogP contribution < -0.4 is 0 Å². The third-order valence-electron chi connectivity index (χ3n) is 3.03. The molecule has 110 valence electrons. The summed E-state index contributed by atoms with van der Waals surface area (Å²) in [7, 11) is 0. The van der Waals surface area contributed by atoms with Crippen molar-refractivity contribution < 1.29 is 14.3 Å². The molecule has 6 heteroatoms. The Morgan fingerprint density at radius 1 is 1.05 bits per heavy atom. The highest BCUT2D eigenvalue weighted by molar-refractivity contribution is 7.98. The van der Waals surface area contributed by atoms with E-state index in [4.69, 9.17) is 9.52 Å². The molecule has 3 rings (SSSR count). The largest absolute Gasteiger partial charge is 0.478 e. The summed E-state index contributed by atoms with van der Waals surface area (Å²) < 4.78 is 5.59. The van der Waals surface area contributed by atoms with Crippen LogP contribution in [0.4, 0.5) is 0 Å². The third-order valence-corrected chi connectivity index (χ3v) is 3.89. The van der Waals surface area contributed by atoms with Crippen molar-refractivity contribution in [2.75, 3.05) is 0 Å². The van der Waals surface area contributed by atoms with Crippen molar-refractivity contribution in [1.29, 1.82) is 0 Å². The van der Waals surface area contributed by atoms with Crippen molar-refractivity contribution in [3.8, 4) is 11.5 Å². The number of hydrogen-bond donors (Lipinski definition) is 1. The van der Waals surface area contributed by atoms with Gasteiger partial charge < -0.3 is 9.52 Å². The molecule has 0 spiro atoms. The number of aromatic carboxylic acids is 1. The summed E-state index contributed by atoms with van der Waals surface area (Å²) in [6.07, 6.45) is 0. The fraction of sp³-hybridized carbons (Fsp3) is 0.0625. The summed E-state index contributed by atoms with van der Waals surface area (Å²) in [5, 5.41) is 17.6. The zero-order valence-corrected chi connectivity index (χ0v) is 12.3. The van der Waals surface area contributed by atoms with E-state index in [1.807, 2.05) is 36.4 Å². The first-order valence-electron chi connectivity index (χ1n) is 6.57. The molecule has 22 heavy (non-hydrogen) atoms. The molecule has 0 saturated carbocycles. The number of hydrogen-bond acceptors (Lipinski definition) is 5. The van der Waals surface area contributed by atoms with Crippen LogP contribution in [0.15, 0.2) is 64.2 Å². The molecule has 0 radical (unpaired) electrons. The Labute approximate surface area is 131 Å². The SMILES string of the molecule is O=C(O)c1ccccc1CSc1nnc(-c2ccccc2)o1. The topological polar surface area (TPSA) is 76.2 Å². The van der Waals surface area contributed by atoms with Gasteiger partial charge in [-0.15, -0.1) is 10.2 Å². The average molecular weight is 312 g/mol. The lowest BCUT2D eigenvalue weighted by molar-refractivity contribution is 0.0696. The molecular formula is C16H12N2O3S. The van der Waals surface area contributed by atoms with Crippen LogP contribution in [-0.2, 0) is 5.75 Å². The minimum absolute atomic E-state index is 0.290. The van der Waals surface area contributed by atoms with Gasteiger partial charge in [0.1, 0.15) is 0 Å². The predicted molar refractivity (Wildman–Crippen MR) is 82.7 cm³/mol. The Morgan fingerprint density at radius 3 is 2.55 bits per heavy atom. The van der Waals surface area contributed by atoms with Crippen LogP contribution in [0.25, 0.3) is 11.5 Å².